The van der Waals surface area contributed by atoms with E-state index in [1.165, 1.54) is 49.8 Å². The Morgan fingerprint density at radius 1 is 0.481 bits per heavy atom. The summed E-state index contributed by atoms with van der Waals surface area (Å²) in [6.45, 7) is 4.74. The zero-order chi connectivity index (χ0) is 34.8. The van der Waals surface area contributed by atoms with Gasteiger partial charge in [0.2, 0.25) is 0 Å². The van der Waals surface area contributed by atoms with Crippen molar-refractivity contribution in [3.63, 3.8) is 0 Å². The molecule has 0 saturated carbocycles. The van der Waals surface area contributed by atoms with Crippen molar-refractivity contribution in [3.05, 3.63) is 193 Å². The van der Waals surface area contributed by atoms with Gasteiger partial charge in [-0.1, -0.05) is 141 Å². The summed E-state index contributed by atoms with van der Waals surface area (Å²) in [5, 5.41) is 2.35. The molecule has 52 heavy (non-hydrogen) atoms. The van der Waals surface area contributed by atoms with E-state index in [-0.39, 0.29) is 5.41 Å². The topological polar surface area (TPSA) is 15.7 Å². The molecule has 0 aromatic heterocycles. The summed E-state index contributed by atoms with van der Waals surface area (Å²) in [6.07, 6.45) is 0. The molecule has 8 aromatic rings. The minimum Gasteiger partial charge on any atom is -0.453 e. The van der Waals surface area contributed by atoms with E-state index in [1.807, 2.05) is 0 Å². The van der Waals surface area contributed by atoms with Gasteiger partial charge in [-0.05, 0) is 93.4 Å². The van der Waals surface area contributed by atoms with Crippen molar-refractivity contribution in [1.29, 1.82) is 0 Å². The molecular formula is C49H36N2O. The molecule has 248 valence electrons. The van der Waals surface area contributed by atoms with Crippen LogP contribution in [0.5, 0.6) is 11.5 Å². The van der Waals surface area contributed by atoms with Crippen molar-refractivity contribution in [2.24, 2.45) is 0 Å². The van der Waals surface area contributed by atoms with Crippen LogP contribution in [-0.4, -0.2) is 0 Å². The second kappa shape index (κ2) is 11.8. The lowest BCUT2D eigenvalue weighted by Gasteiger charge is -2.46. The molecule has 2 heterocycles. The van der Waals surface area contributed by atoms with Crippen LogP contribution in [0.4, 0.5) is 34.1 Å². The summed E-state index contributed by atoms with van der Waals surface area (Å²) in [6, 6.07) is 65.3. The Morgan fingerprint density at radius 3 is 1.81 bits per heavy atom. The molecule has 3 heteroatoms. The van der Waals surface area contributed by atoms with Gasteiger partial charge in [-0.3, -0.25) is 0 Å². The first-order valence-corrected chi connectivity index (χ1v) is 17.9. The van der Waals surface area contributed by atoms with Crippen LogP contribution in [0.1, 0.15) is 25.0 Å². The highest BCUT2D eigenvalue weighted by atomic mass is 16.5. The van der Waals surface area contributed by atoms with Crippen LogP contribution >= 0.6 is 0 Å². The number of rotatable bonds is 5. The third-order valence-electron chi connectivity index (χ3n) is 10.8. The summed E-state index contributed by atoms with van der Waals surface area (Å²) in [5.74, 6) is 1.74. The predicted molar refractivity (Wildman–Crippen MR) is 216 cm³/mol. The largest absolute Gasteiger partial charge is 0.453 e. The number of hydrogen-bond donors (Lipinski definition) is 0. The molecule has 0 saturated heterocycles. The normalized spacial score (nSPS) is 13.5. The number of benzene rings is 8. The van der Waals surface area contributed by atoms with Crippen LogP contribution < -0.4 is 14.5 Å². The Balaban J connectivity index is 1.21. The van der Waals surface area contributed by atoms with Gasteiger partial charge < -0.3 is 14.5 Å². The molecule has 0 fully saturated rings. The van der Waals surface area contributed by atoms with E-state index in [9.17, 15) is 0 Å². The number of anilines is 6. The number of hydrogen-bond acceptors (Lipinski definition) is 3. The van der Waals surface area contributed by atoms with Crippen molar-refractivity contribution < 1.29 is 4.74 Å². The summed E-state index contributed by atoms with van der Waals surface area (Å²) >= 11 is 0. The van der Waals surface area contributed by atoms with E-state index in [0.29, 0.717) is 0 Å². The first kappa shape index (κ1) is 30.3. The maximum absolute atomic E-state index is 6.80. The molecule has 0 radical (unpaired) electrons. The standard InChI is InChI=1S/C49H36N2O/c1-49(2)42-32-39(50(37-19-10-5-11-20-37)38-25-22-34(23-26-38)33-14-6-3-7-15-33)27-29-43(42)51-47-41-21-13-12-18-36(41)24-30-44(47)52-45-31-28-40(46(49)48(45)51)35-16-8-4-9-17-35/h3-32H,1-2H3. The van der Waals surface area contributed by atoms with Crippen LogP contribution in [0.2, 0.25) is 0 Å². The highest BCUT2D eigenvalue weighted by Crippen LogP contribution is 2.63. The minimum atomic E-state index is -0.372. The molecule has 0 bridgehead atoms. The quantitative estimate of drug-likeness (QED) is 0.182. The van der Waals surface area contributed by atoms with Gasteiger partial charge >= 0.3 is 0 Å². The Morgan fingerprint density at radius 2 is 1.06 bits per heavy atom. The Hall–Kier alpha value is -6.58. The van der Waals surface area contributed by atoms with Crippen LogP contribution in [0.15, 0.2) is 182 Å². The van der Waals surface area contributed by atoms with Crippen LogP contribution in [0.3, 0.4) is 0 Å². The van der Waals surface area contributed by atoms with Gasteiger partial charge in [-0.25, -0.2) is 0 Å². The molecule has 0 amide bonds. The van der Waals surface area contributed by atoms with Gasteiger partial charge in [0.15, 0.2) is 11.5 Å². The smallest absolute Gasteiger partial charge is 0.152 e. The fourth-order valence-corrected chi connectivity index (χ4v) is 8.34. The lowest BCUT2D eigenvalue weighted by atomic mass is 9.70. The van der Waals surface area contributed by atoms with Crippen LogP contribution in [0.25, 0.3) is 33.0 Å². The SMILES string of the molecule is CC1(C)c2cc(N(c3ccccc3)c3ccc(-c4ccccc4)cc3)ccc2N2c3c(ccc(-c4ccccc4)c31)Oc1ccc3ccccc3c12. The Bertz CT molecular complexity index is 2610. The average Bonchev–Trinajstić information content (AvgIpc) is 3.20. The zero-order valence-corrected chi connectivity index (χ0v) is 29.1. The van der Waals surface area contributed by atoms with E-state index < -0.39 is 0 Å². The molecule has 2 aliphatic heterocycles. The van der Waals surface area contributed by atoms with Crippen molar-refractivity contribution in [2.75, 3.05) is 9.80 Å². The lowest BCUT2D eigenvalue weighted by molar-refractivity contribution is 0.472. The molecule has 0 atom stereocenters. The monoisotopic (exact) mass is 668 g/mol. The molecule has 0 N–H and O–H groups in total. The molecule has 3 nitrogen and oxygen atoms in total. The van der Waals surface area contributed by atoms with Gasteiger partial charge in [-0.15, -0.1) is 0 Å². The minimum absolute atomic E-state index is 0.372. The Labute approximate surface area is 304 Å². The lowest BCUT2D eigenvalue weighted by Crippen LogP contribution is -2.33. The number of fused-ring (bicyclic) bond motifs is 6. The third kappa shape index (κ3) is 4.66. The van der Waals surface area contributed by atoms with Crippen molar-refractivity contribution in [3.8, 4) is 33.8 Å². The third-order valence-corrected chi connectivity index (χ3v) is 10.8. The van der Waals surface area contributed by atoms with Crippen molar-refractivity contribution in [2.45, 2.75) is 19.3 Å². The van der Waals surface area contributed by atoms with E-state index in [2.05, 4.69) is 206 Å². The van der Waals surface area contributed by atoms with Crippen molar-refractivity contribution >= 4 is 44.9 Å². The second-order valence-corrected chi connectivity index (χ2v) is 14.2. The second-order valence-electron chi connectivity index (χ2n) is 14.2. The number of ether oxygens (including phenoxy) is 1. The molecule has 0 spiro atoms. The fourth-order valence-electron chi connectivity index (χ4n) is 8.34. The summed E-state index contributed by atoms with van der Waals surface area (Å²) < 4.78 is 6.80. The highest BCUT2D eigenvalue weighted by molar-refractivity contribution is 6.07. The molecular weight excluding hydrogens is 633 g/mol. The highest BCUT2D eigenvalue weighted by Gasteiger charge is 2.44. The Kier molecular flexibility index (Phi) is 6.84. The van der Waals surface area contributed by atoms with Gasteiger partial charge in [0.25, 0.3) is 0 Å². The van der Waals surface area contributed by atoms with Crippen LogP contribution in [-0.2, 0) is 5.41 Å². The van der Waals surface area contributed by atoms with Crippen LogP contribution in [0, 0.1) is 0 Å². The first-order valence-electron chi connectivity index (χ1n) is 17.9. The van der Waals surface area contributed by atoms with Crippen molar-refractivity contribution in [1.82, 2.24) is 0 Å². The maximum Gasteiger partial charge on any atom is 0.152 e. The van der Waals surface area contributed by atoms with E-state index >= 15 is 0 Å². The molecule has 8 aromatic carbocycles. The van der Waals surface area contributed by atoms with E-state index in [0.717, 1.165) is 39.9 Å². The summed E-state index contributed by atoms with van der Waals surface area (Å²) in [7, 11) is 0. The predicted octanol–water partition coefficient (Wildman–Crippen LogP) is 13.9. The van der Waals surface area contributed by atoms with Gasteiger partial charge in [0.05, 0.1) is 17.1 Å². The maximum atomic E-state index is 6.80. The van der Waals surface area contributed by atoms with Gasteiger partial charge in [-0.2, -0.15) is 0 Å². The van der Waals surface area contributed by atoms with E-state index in [1.54, 1.807) is 0 Å². The number of para-hydroxylation sites is 1. The fraction of sp³-hybridized carbons (Fsp3) is 0.0612. The van der Waals surface area contributed by atoms with Gasteiger partial charge in [0.1, 0.15) is 0 Å². The zero-order valence-electron chi connectivity index (χ0n) is 29.1. The molecule has 0 aliphatic carbocycles. The van der Waals surface area contributed by atoms with E-state index in [4.69, 9.17) is 4.74 Å². The molecule has 2 aliphatic rings. The summed E-state index contributed by atoms with van der Waals surface area (Å²) in [5.41, 5.74) is 13.7. The molecule has 0 unspecified atom stereocenters. The van der Waals surface area contributed by atoms with Gasteiger partial charge in [0, 0.05) is 27.9 Å². The number of nitrogens with zero attached hydrogens (tertiary/aromatic N) is 2. The molecule has 10 rings (SSSR count). The summed E-state index contributed by atoms with van der Waals surface area (Å²) in [4.78, 5) is 4.85. The first-order chi connectivity index (χ1) is 25.6. The average molecular weight is 669 g/mol.